The molecular weight excluding hydrogens is 249 g/mol. The predicted octanol–water partition coefficient (Wildman–Crippen LogP) is -3.29. The molecule has 98 valence electrons. The SMILES string of the molecule is C=Cc1c(B(O)O)ccc(B(O)O)c1C(=C)B(O)O. The lowest BCUT2D eigenvalue weighted by molar-refractivity contribution is 0.422. The minimum atomic E-state index is -1.93. The third-order valence-corrected chi connectivity index (χ3v) is 2.70. The van der Waals surface area contributed by atoms with Crippen molar-refractivity contribution in [3.63, 3.8) is 0 Å². The normalized spacial score (nSPS) is 10.0. The average Bonchev–Trinajstić information content (AvgIpc) is 2.35. The summed E-state index contributed by atoms with van der Waals surface area (Å²) >= 11 is 0. The predicted molar refractivity (Wildman–Crippen MR) is 75.4 cm³/mol. The minimum absolute atomic E-state index is 0.00519. The molecule has 0 spiro atoms. The first-order valence-corrected chi connectivity index (χ1v) is 5.38. The van der Waals surface area contributed by atoms with E-state index in [9.17, 15) is 20.1 Å². The zero-order valence-corrected chi connectivity index (χ0v) is 10.1. The van der Waals surface area contributed by atoms with Crippen LogP contribution in [-0.2, 0) is 0 Å². The summed E-state index contributed by atoms with van der Waals surface area (Å²) in [6.07, 6.45) is 1.24. The van der Waals surface area contributed by atoms with Crippen LogP contribution in [0.25, 0.3) is 11.5 Å². The molecule has 0 saturated carbocycles. The summed E-state index contributed by atoms with van der Waals surface area (Å²) in [6.45, 7) is 6.93. The largest absolute Gasteiger partial charge is 0.489 e. The molecule has 0 aliphatic heterocycles. The highest BCUT2D eigenvalue weighted by molar-refractivity contribution is 6.69. The fourth-order valence-corrected chi connectivity index (χ4v) is 1.80. The summed E-state index contributed by atoms with van der Waals surface area (Å²) in [6, 6.07) is 2.51. The molecule has 0 atom stereocenters. The second-order valence-corrected chi connectivity index (χ2v) is 3.88. The van der Waals surface area contributed by atoms with Crippen LogP contribution in [0.4, 0.5) is 0 Å². The Kier molecular flexibility index (Phi) is 5.13. The van der Waals surface area contributed by atoms with E-state index in [0.717, 1.165) is 0 Å². The zero-order chi connectivity index (χ0) is 14.7. The van der Waals surface area contributed by atoms with Crippen LogP contribution < -0.4 is 10.9 Å². The molecule has 19 heavy (non-hydrogen) atoms. The summed E-state index contributed by atoms with van der Waals surface area (Å²) in [5.74, 6) is 0. The van der Waals surface area contributed by atoms with Gasteiger partial charge in [-0.05, 0) is 27.5 Å². The second kappa shape index (κ2) is 6.20. The molecule has 0 unspecified atom stereocenters. The van der Waals surface area contributed by atoms with Gasteiger partial charge in [0, 0.05) is 0 Å². The van der Waals surface area contributed by atoms with Crippen molar-refractivity contribution in [2.24, 2.45) is 0 Å². The Bertz CT molecular complexity index is 500. The van der Waals surface area contributed by atoms with Gasteiger partial charge in [0.25, 0.3) is 0 Å². The first-order chi connectivity index (χ1) is 8.81. The van der Waals surface area contributed by atoms with E-state index in [1.807, 2.05) is 0 Å². The Morgan fingerprint density at radius 1 is 0.947 bits per heavy atom. The van der Waals surface area contributed by atoms with E-state index < -0.39 is 21.4 Å². The highest BCUT2D eigenvalue weighted by atomic mass is 16.4. The van der Waals surface area contributed by atoms with Gasteiger partial charge in [-0.15, -0.1) is 0 Å². The fourth-order valence-electron chi connectivity index (χ4n) is 1.80. The Morgan fingerprint density at radius 2 is 1.42 bits per heavy atom. The molecule has 0 fully saturated rings. The summed E-state index contributed by atoms with van der Waals surface area (Å²) in [4.78, 5) is 0. The quantitative estimate of drug-likeness (QED) is 0.309. The zero-order valence-electron chi connectivity index (χ0n) is 10.1. The van der Waals surface area contributed by atoms with Crippen molar-refractivity contribution in [3.05, 3.63) is 36.4 Å². The van der Waals surface area contributed by atoms with Crippen LogP contribution in [0.2, 0.25) is 0 Å². The van der Waals surface area contributed by atoms with Gasteiger partial charge in [-0.2, -0.15) is 0 Å². The van der Waals surface area contributed by atoms with E-state index >= 15 is 0 Å². The Hall–Kier alpha value is -1.35. The number of rotatable bonds is 5. The summed E-state index contributed by atoms with van der Waals surface area (Å²) in [5, 5.41) is 55.4. The molecular formula is C10H13B3O6. The van der Waals surface area contributed by atoms with E-state index in [4.69, 9.17) is 10.0 Å². The summed E-state index contributed by atoms with van der Waals surface area (Å²) in [5.41, 5.74) is -0.0709. The van der Waals surface area contributed by atoms with Crippen LogP contribution in [-0.4, -0.2) is 51.5 Å². The maximum Gasteiger partial charge on any atom is 0.489 e. The van der Waals surface area contributed by atoms with Crippen LogP contribution in [0.1, 0.15) is 11.1 Å². The van der Waals surface area contributed by atoms with Gasteiger partial charge < -0.3 is 30.1 Å². The van der Waals surface area contributed by atoms with Crippen LogP contribution in [0.5, 0.6) is 0 Å². The topological polar surface area (TPSA) is 121 Å². The lowest BCUT2D eigenvalue weighted by Crippen LogP contribution is -2.41. The first-order valence-electron chi connectivity index (χ1n) is 5.38. The smallest absolute Gasteiger partial charge is 0.423 e. The van der Waals surface area contributed by atoms with Crippen molar-refractivity contribution in [2.75, 3.05) is 0 Å². The van der Waals surface area contributed by atoms with Crippen molar-refractivity contribution in [1.82, 2.24) is 0 Å². The van der Waals surface area contributed by atoms with Gasteiger partial charge in [0.1, 0.15) is 0 Å². The molecule has 9 heteroatoms. The first kappa shape index (κ1) is 15.7. The molecule has 0 saturated heterocycles. The van der Waals surface area contributed by atoms with Gasteiger partial charge >= 0.3 is 21.4 Å². The lowest BCUT2D eigenvalue weighted by atomic mass is 9.63. The van der Waals surface area contributed by atoms with Gasteiger partial charge in [-0.3, -0.25) is 0 Å². The molecule has 1 rings (SSSR count). The fraction of sp³-hybridized carbons (Fsp3) is 0. The highest BCUT2D eigenvalue weighted by Gasteiger charge is 2.28. The van der Waals surface area contributed by atoms with Crippen LogP contribution in [0.3, 0.4) is 0 Å². The van der Waals surface area contributed by atoms with Crippen LogP contribution in [0, 0.1) is 0 Å². The molecule has 0 radical (unpaired) electrons. The molecule has 1 aromatic rings. The average molecular weight is 262 g/mol. The van der Waals surface area contributed by atoms with Crippen LogP contribution >= 0.6 is 0 Å². The lowest BCUT2D eigenvalue weighted by Gasteiger charge is -2.18. The van der Waals surface area contributed by atoms with Gasteiger partial charge in [-0.1, -0.05) is 31.4 Å². The number of hydrogen-bond donors (Lipinski definition) is 6. The minimum Gasteiger partial charge on any atom is -0.423 e. The summed E-state index contributed by atoms with van der Waals surface area (Å²) < 4.78 is 0. The Morgan fingerprint density at radius 3 is 1.79 bits per heavy atom. The van der Waals surface area contributed by atoms with Crippen molar-refractivity contribution >= 4 is 43.8 Å². The second-order valence-electron chi connectivity index (χ2n) is 3.88. The van der Waals surface area contributed by atoms with E-state index in [1.54, 1.807) is 0 Å². The van der Waals surface area contributed by atoms with Gasteiger partial charge in [0.2, 0.25) is 0 Å². The third kappa shape index (κ3) is 3.16. The summed E-state index contributed by atoms with van der Waals surface area (Å²) in [7, 11) is -5.63. The van der Waals surface area contributed by atoms with E-state index in [0.29, 0.717) is 0 Å². The van der Waals surface area contributed by atoms with E-state index in [1.165, 1.54) is 18.2 Å². The third-order valence-electron chi connectivity index (χ3n) is 2.70. The van der Waals surface area contributed by atoms with Crippen molar-refractivity contribution in [1.29, 1.82) is 0 Å². The van der Waals surface area contributed by atoms with Crippen molar-refractivity contribution in [2.45, 2.75) is 0 Å². The highest BCUT2D eigenvalue weighted by Crippen LogP contribution is 2.17. The van der Waals surface area contributed by atoms with E-state index in [2.05, 4.69) is 13.2 Å². The van der Waals surface area contributed by atoms with Gasteiger partial charge in [-0.25, -0.2) is 0 Å². The molecule has 0 aliphatic rings. The van der Waals surface area contributed by atoms with Gasteiger partial charge in [0.05, 0.1) is 0 Å². The Labute approximate surface area is 111 Å². The molecule has 1 aromatic carbocycles. The maximum absolute atomic E-state index is 9.28. The molecule has 0 aliphatic carbocycles. The molecule has 6 N–H and O–H groups in total. The maximum atomic E-state index is 9.28. The van der Waals surface area contributed by atoms with Crippen molar-refractivity contribution in [3.8, 4) is 0 Å². The van der Waals surface area contributed by atoms with Gasteiger partial charge in [0.15, 0.2) is 0 Å². The molecule has 0 heterocycles. The number of benzene rings is 1. The molecule has 0 aromatic heterocycles. The van der Waals surface area contributed by atoms with Crippen molar-refractivity contribution < 1.29 is 30.1 Å². The van der Waals surface area contributed by atoms with E-state index in [-0.39, 0.29) is 27.5 Å². The van der Waals surface area contributed by atoms with Crippen LogP contribution in [0.15, 0.2) is 25.3 Å². The monoisotopic (exact) mass is 262 g/mol. The number of hydrogen-bond acceptors (Lipinski definition) is 6. The molecule has 6 nitrogen and oxygen atoms in total. The Balaban J connectivity index is 3.64. The molecule has 0 bridgehead atoms. The molecule has 0 amide bonds. The standard InChI is InChI=1S/C10H13B3O6/c1-3-7-8(12(16)17)4-5-9(13(18)19)10(7)6(2)11(14)15/h3-5,14-19H,1-2H2.